The minimum absolute atomic E-state index is 0.549. The van der Waals surface area contributed by atoms with Gasteiger partial charge in [0.1, 0.15) is 6.33 Å². The monoisotopic (exact) mass is 181 g/mol. The van der Waals surface area contributed by atoms with Crippen LogP contribution in [0.5, 0.6) is 0 Å². The fraction of sp³-hybridized carbons (Fsp3) is 0.167. The molecule has 0 radical (unpaired) electrons. The van der Waals surface area contributed by atoms with E-state index in [9.17, 15) is 0 Å². The summed E-state index contributed by atoms with van der Waals surface area (Å²) in [5, 5.41) is 4.49. The fourth-order valence-electron chi connectivity index (χ4n) is 0.910. The molecule has 0 unspecified atom stereocenters. The van der Waals surface area contributed by atoms with Crippen LogP contribution in [0.2, 0.25) is 0 Å². The summed E-state index contributed by atoms with van der Waals surface area (Å²) >= 11 is 1.40. The van der Waals surface area contributed by atoms with Gasteiger partial charge in [-0.3, -0.25) is 0 Å². The molecule has 0 fully saturated rings. The number of nitrogen functional groups attached to an aromatic ring is 1. The number of hydrogen-bond donors (Lipinski definition) is 1. The second-order valence-electron chi connectivity index (χ2n) is 2.27. The Labute approximate surface area is 72.9 Å². The van der Waals surface area contributed by atoms with Gasteiger partial charge in [0, 0.05) is 7.05 Å². The molecule has 2 aromatic rings. The number of rotatable bonds is 1. The third kappa shape index (κ3) is 1.06. The van der Waals surface area contributed by atoms with Gasteiger partial charge in [0.15, 0.2) is 11.0 Å². The van der Waals surface area contributed by atoms with E-state index in [0.29, 0.717) is 5.13 Å². The lowest BCUT2D eigenvalue weighted by Crippen LogP contribution is -1.92. The molecule has 0 aromatic carbocycles. The Morgan fingerprint density at radius 1 is 1.50 bits per heavy atom. The van der Waals surface area contributed by atoms with Crippen LogP contribution in [0, 0.1) is 0 Å². The Kier molecular flexibility index (Phi) is 1.54. The fourth-order valence-corrected chi connectivity index (χ4v) is 1.62. The first-order chi connectivity index (χ1) is 5.77. The van der Waals surface area contributed by atoms with Crippen LogP contribution in [0.15, 0.2) is 12.5 Å². The average molecular weight is 181 g/mol. The summed E-state index contributed by atoms with van der Waals surface area (Å²) < 4.78 is 1.69. The van der Waals surface area contributed by atoms with Crippen molar-refractivity contribution in [3.8, 4) is 10.7 Å². The van der Waals surface area contributed by atoms with Crippen molar-refractivity contribution in [1.29, 1.82) is 0 Å². The predicted octanol–water partition coefficient (Wildman–Crippen LogP) is 0.521. The van der Waals surface area contributed by atoms with Gasteiger partial charge < -0.3 is 5.73 Å². The summed E-state index contributed by atoms with van der Waals surface area (Å²) in [6.45, 7) is 0. The van der Waals surface area contributed by atoms with Gasteiger partial charge in [0.25, 0.3) is 0 Å². The maximum absolute atomic E-state index is 5.48. The SMILES string of the molecule is Cn1ncnc1-c1cnc(N)s1. The molecule has 5 nitrogen and oxygen atoms in total. The van der Waals surface area contributed by atoms with Crippen LogP contribution in [0.1, 0.15) is 0 Å². The molecule has 0 bridgehead atoms. The van der Waals surface area contributed by atoms with Gasteiger partial charge in [-0.2, -0.15) is 5.10 Å². The molecule has 12 heavy (non-hydrogen) atoms. The first-order valence-corrected chi connectivity index (χ1v) is 4.14. The molecular formula is C6H7N5S. The highest BCUT2D eigenvalue weighted by Gasteiger charge is 2.06. The molecule has 2 heterocycles. The number of aromatic nitrogens is 4. The van der Waals surface area contributed by atoms with Crippen molar-refractivity contribution >= 4 is 16.5 Å². The Morgan fingerprint density at radius 2 is 2.33 bits per heavy atom. The molecule has 0 aliphatic rings. The maximum atomic E-state index is 5.48. The van der Waals surface area contributed by atoms with Gasteiger partial charge in [-0.15, -0.1) is 0 Å². The quantitative estimate of drug-likeness (QED) is 0.696. The molecule has 2 aromatic heterocycles. The average Bonchev–Trinajstić information content (AvgIpc) is 2.58. The van der Waals surface area contributed by atoms with Crippen LogP contribution < -0.4 is 5.73 Å². The molecule has 0 saturated heterocycles. The molecule has 0 spiro atoms. The van der Waals surface area contributed by atoms with Gasteiger partial charge in [-0.25, -0.2) is 14.6 Å². The van der Waals surface area contributed by atoms with E-state index in [1.165, 1.54) is 17.7 Å². The van der Waals surface area contributed by atoms with Crippen LogP contribution in [-0.2, 0) is 7.05 Å². The number of thiazole rings is 1. The number of nitrogens with two attached hydrogens (primary N) is 1. The topological polar surface area (TPSA) is 69.6 Å². The zero-order valence-electron chi connectivity index (χ0n) is 6.43. The molecule has 0 saturated carbocycles. The van der Waals surface area contributed by atoms with Crippen LogP contribution in [0.4, 0.5) is 5.13 Å². The van der Waals surface area contributed by atoms with E-state index >= 15 is 0 Å². The predicted molar refractivity (Wildman–Crippen MR) is 46.5 cm³/mol. The number of hydrogen-bond acceptors (Lipinski definition) is 5. The van der Waals surface area contributed by atoms with Crippen LogP contribution in [0.3, 0.4) is 0 Å². The Hall–Kier alpha value is -1.43. The lowest BCUT2D eigenvalue weighted by Gasteiger charge is -1.92. The second kappa shape index (κ2) is 2.56. The first kappa shape index (κ1) is 7.23. The van der Waals surface area contributed by atoms with Crippen LogP contribution in [-0.4, -0.2) is 19.7 Å². The summed E-state index contributed by atoms with van der Waals surface area (Å²) in [5.41, 5.74) is 5.48. The highest BCUT2D eigenvalue weighted by molar-refractivity contribution is 7.18. The van der Waals surface area contributed by atoms with E-state index in [1.807, 2.05) is 7.05 Å². The number of nitrogens with zero attached hydrogens (tertiary/aromatic N) is 4. The summed E-state index contributed by atoms with van der Waals surface area (Å²) in [5.74, 6) is 0.796. The summed E-state index contributed by atoms with van der Waals surface area (Å²) in [4.78, 5) is 8.93. The van der Waals surface area contributed by atoms with Crippen molar-refractivity contribution in [2.75, 3.05) is 5.73 Å². The number of anilines is 1. The molecule has 2 N–H and O–H groups in total. The molecule has 0 aliphatic carbocycles. The molecule has 0 aliphatic heterocycles. The summed E-state index contributed by atoms with van der Waals surface area (Å²) in [6, 6.07) is 0. The molecule has 6 heteroatoms. The molecular weight excluding hydrogens is 174 g/mol. The van der Waals surface area contributed by atoms with Gasteiger partial charge >= 0.3 is 0 Å². The number of aryl methyl sites for hydroxylation is 1. The van der Waals surface area contributed by atoms with Crippen molar-refractivity contribution < 1.29 is 0 Å². The minimum Gasteiger partial charge on any atom is -0.375 e. The smallest absolute Gasteiger partial charge is 0.180 e. The first-order valence-electron chi connectivity index (χ1n) is 3.33. The molecule has 2 rings (SSSR count). The molecule has 0 atom stereocenters. The van der Waals surface area contributed by atoms with Gasteiger partial charge in [-0.05, 0) is 0 Å². The lowest BCUT2D eigenvalue weighted by atomic mass is 10.5. The van der Waals surface area contributed by atoms with E-state index < -0.39 is 0 Å². The van der Waals surface area contributed by atoms with E-state index in [4.69, 9.17) is 5.73 Å². The third-order valence-corrected chi connectivity index (χ3v) is 2.28. The van der Waals surface area contributed by atoms with Gasteiger partial charge in [-0.1, -0.05) is 11.3 Å². The zero-order valence-corrected chi connectivity index (χ0v) is 7.25. The zero-order chi connectivity index (χ0) is 8.55. The van der Waals surface area contributed by atoms with Gasteiger partial charge in [0.2, 0.25) is 0 Å². The maximum Gasteiger partial charge on any atom is 0.180 e. The van der Waals surface area contributed by atoms with Crippen molar-refractivity contribution in [3.63, 3.8) is 0 Å². The van der Waals surface area contributed by atoms with Crippen molar-refractivity contribution in [1.82, 2.24) is 19.7 Å². The van der Waals surface area contributed by atoms with E-state index in [0.717, 1.165) is 10.7 Å². The Morgan fingerprint density at radius 3 is 2.83 bits per heavy atom. The van der Waals surface area contributed by atoms with E-state index in [2.05, 4.69) is 15.1 Å². The molecule has 62 valence electrons. The van der Waals surface area contributed by atoms with Crippen LogP contribution in [0.25, 0.3) is 10.7 Å². The second-order valence-corrected chi connectivity index (χ2v) is 3.33. The minimum atomic E-state index is 0.549. The standard InChI is InChI=1S/C6H7N5S/c1-11-5(9-3-10-11)4-2-8-6(7)12-4/h2-3H,1H3,(H2,7,8). The third-order valence-electron chi connectivity index (χ3n) is 1.46. The van der Waals surface area contributed by atoms with Gasteiger partial charge in [0.05, 0.1) is 11.1 Å². The highest BCUT2D eigenvalue weighted by atomic mass is 32.1. The van der Waals surface area contributed by atoms with Crippen molar-refractivity contribution in [2.24, 2.45) is 7.05 Å². The summed E-state index contributed by atoms with van der Waals surface area (Å²) in [6.07, 6.45) is 3.20. The normalized spacial score (nSPS) is 10.4. The van der Waals surface area contributed by atoms with Crippen molar-refractivity contribution in [2.45, 2.75) is 0 Å². The Balaban J connectivity index is 2.50. The summed E-state index contributed by atoms with van der Waals surface area (Å²) in [7, 11) is 1.83. The molecule has 0 amide bonds. The van der Waals surface area contributed by atoms with E-state index in [-0.39, 0.29) is 0 Å². The lowest BCUT2D eigenvalue weighted by molar-refractivity contribution is 0.776. The largest absolute Gasteiger partial charge is 0.375 e. The Bertz CT molecular complexity index is 390. The van der Waals surface area contributed by atoms with Crippen molar-refractivity contribution in [3.05, 3.63) is 12.5 Å². The van der Waals surface area contributed by atoms with Crippen LogP contribution >= 0.6 is 11.3 Å². The highest BCUT2D eigenvalue weighted by Crippen LogP contribution is 2.24. The van der Waals surface area contributed by atoms with E-state index in [1.54, 1.807) is 10.9 Å².